The third kappa shape index (κ3) is 4.10. The van der Waals surface area contributed by atoms with E-state index < -0.39 is 0 Å². The van der Waals surface area contributed by atoms with Crippen LogP contribution >= 0.6 is 11.3 Å². The van der Waals surface area contributed by atoms with Crippen LogP contribution in [0.4, 0.5) is 5.13 Å². The summed E-state index contributed by atoms with van der Waals surface area (Å²) in [6.07, 6.45) is 5.49. The Hall–Kier alpha value is -1.88. The van der Waals surface area contributed by atoms with Gasteiger partial charge in [-0.1, -0.05) is 24.3 Å². The SMILES string of the molecule is Cc1ccccc1CCC(=O)NCC1CCCN1c1nccs1. The molecule has 0 spiro atoms. The smallest absolute Gasteiger partial charge is 0.220 e. The van der Waals surface area contributed by atoms with Gasteiger partial charge in [0.1, 0.15) is 0 Å². The average molecular weight is 329 g/mol. The number of hydrogen-bond donors (Lipinski definition) is 1. The number of carbonyl (C=O) groups is 1. The molecule has 1 aliphatic heterocycles. The predicted octanol–water partition coefficient (Wildman–Crippen LogP) is 3.17. The van der Waals surface area contributed by atoms with Gasteiger partial charge in [-0.3, -0.25) is 4.79 Å². The molecule has 4 nitrogen and oxygen atoms in total. The number of nitrogens with zero attached hydrogens (tertiary/aromatic N) is 2. The van der Waals surface area contributed by atoms with E-state index in [0.717, 1.165) is 24.5 Å². The van der Waals surface area contributed by atoms with Crippen LogP contribution in [0.5, 0.6) is 0 Å². The van der Waals surface area contributed by atoms with E-state index in [2.05, 4.69) is 34.3 Å². The molecule has 1 amide bonds. The molecular formula is C18H23N3OS. The Kier molecular flexibility index (Phi) is 5.28. The lowest BCUT2D eigenvalue weighted by Crippen LogP contribution is -2.40. The van der Waals surface area contributed by atoms with Crippen molar-refractivity contribution in [1.29, 1.82) is 0 Å². The number of thiazole rings is 1. The zero-order chi connectivity index (χ0) is 16.1. The van der Waals surface area contributed by atoms with Gasteiger partial charge in [-0.15, -0.1) is 11.3 Å². The van der Waals surface area contributed by atoms with Gasteiger partial charge in [0, 0.05) is 37.1 Å². The van der Waals surface area contributed by atoms with Gasteiger partial charge in [-0.25, -0.2) is 4.98 Å². The van der Waals surface area contributed by atoms with Crippen LogP contribution in [-0.2, 0) is 11.2 Å². The van der Waals surface area contributed by atoms with Gasteiger partial charge in [-0.2, -0.15) is 0 Å². The molecule has 1 atom stereocenters. The Morgan fingerprint density at radius 1 is 1.43 bits per heavy atom. The summed E-state index contributed by atoms with van der Waals surface area (Å²) in [7, 11) is 0. The van der Waals surface area contributed by atoms with E-state index in [4.69, 9.17) is 0 Å². The van der Waals surface area contributed by atoms with Gasteiger partial charge >= 0.3 is 0 Å². The van der Waals surface area contributed by atoms with E-state index in [1.165, 1.54) is 17.5 Å². The summed E-state index contributed by atoms with van der Waals surface area (Å²) in [5.74, 6) is 0.138. The van der Waals surface area contributed by atoms with Crippen LogP contribution in [0.3, 0.4) is 0 Å². The highest BCUT2D eigenvalue weighted by Gasteiger charge is 2.26. The molecule has 23 heavy (non-hydrogen) atoms. The molecule has 1 aromatic carbocycles. The standard InChI is InChI=1S/C18H23N3OS/c1-14-5-2-3-6-15(14)8-9-17(22)20-13-16-7-4-11-21(16)18-19-10-12-23-18/h2-3,5-6,10,12,16H,4,7-9,11,13H2,1H3,(H,20,22). The van der Waals surface area contributed by atoms with Gasteiger partial charge in [0.25, 0.3) is 0 Å². The summed E-state index contributed by atoms with van der Waals surface area (Å²) in [5.41, 5.74) is 2.51. The number of amides is 1. The summed E-state index contributed by atoms with van der Waals surface area (Å²) < 4.78 is 0. The molecule has 2 heterocycles. The topological polar surface area (TPSA) is 45.2 Å². The molecule has 1 aliphatic rings. The van der Waals surface area contributed by atoms with E-state index in [1.54, 1.807) is 11.3 Å². The molecule has 1 N–H and O–H groups in total. The number of hydrogen-bond acceptors (Lipinski definition) is 4. The number of nitrogens with one attached hydrogen (secondary N) is 1. The molecule has 0 aliphatic carbocycles. The quantitative estimate of drug-likeness (QED) is 0.885. The number of rotatable bonds is 6. The highest BCUT2D eigenvalue weighted by Crippen LogP contribution is 2.26. The van der Waals surface area contributed by atoms with Crippen LogP contribution in [0.15, 0.2) is 35.8 Å². The summed E-state index contributed by atoms with van der Waals surface area (Å²) in [4.78, 5) is 18.9. The third-order valence-corrected chi connectivity index (χ3v) is 5.27. The third-order valence-electron chi connectivity index (χ3n) is 4.46. The van der Waals surface area contributed by atoms with Crippen molar-refractivity contribution in [2.45, 2.75) is 38.6 Å². The van der Waals surface area contributed by atoms with Crippen LogP contribution < -0.4 is 10.2 Å². The Labute approximate surface area is 141 Å². The Bertz CT molecular complexity index is 641. The van der Waals surface area contributed by atoms with Gasteiger partial charge in [0.05, 0.1) is 0 Å². The summed E-state index contributed by atoms with van der Waals surface area (Å²) in [5, 5.41) is 6.18. The normalized spacial score (nSPS) is 17.4. The minimum absolute atomic E-state index is 0.138. The number of carbonyl (C=O) groups excluding carboxylic acids is 1. The first-order valence-electron chi connectivity index (χ1n) is 8.21. The predicted molar refractivity (Wildman–Crippen MR) is 95.0 cm³/mol. The molecule has 3 rings (SSSR count). The molecule has 1 unspecified atom stereocenters. The number of aromatic nitrogens is 1. The van der Waals surface area contributed by atoms with E-state index >= 15 is 0 Å². The minimum Gasteiger partial charge on any atom is -0.354 e. The molecule has 1 aromatic heterocycles. The largest absolute Gasteiger partial charge is 0.354 e. The first-order chi connectivity index (χ1) is 11.2. The van der Waals surface area contributed by atoms with E-state index in [0.29, 0.717) is 19.0 Å². The first-order valence-corrected chi connectivity index (χ1v) is 9.09. The summed E-state index contributed by atoms with van der Waals surface area (Å²) in [6, 6.07) is 8.64. The maximum Gasteiger partial charge on any atom is 0.220 e. The van der Waals surface area contributed by atoms with Crippen molar-refractivity contribution in [3.8, 4) is 0 Å². The van der Waals surface area contributed by atoms with Crippen LogP contribution in [0.2, 0.25) is 0 Å². The minimum atomic E-state index is 0.138. The Morgan fingerprint density at radius 3 is 3.09 bits per heavy atom. The first kappa shape index (κ1) is 16.0. The number of benzene rings is 1. The monoisotopic (exact) mass is 329 g/mol. The molecule has 1 fully saturated rings. The van der Waals surface area contributed by atoms with E-state index in [-0.39, 0.29) is 5.91 Å². The van der Waals surface area contributed by atoms with Crippen LogP contribution in [0.25, 0.3) is 0 Å². The second kappa shape index (κ2) is 7.59. The van der Waals surface area contributed by atoms with Gasteiger partial charge < -0.3 is 10.2 Å². The van der Waals surface area contributed by atoms with Gasteiger partial charge in [0.2, 0.25) is 5.91 Å². The van der Waals surface area contributed by atoms with Crippen molar-refractivity contribution in [1.82, 2.24) is 10.3 Å². The van der Waals surface area contributed by atoms with Gasteiger partial charge in [-0.05, 0) is 37.3 Å². The zero-order valence-electron chi connectivity index (χ0n) is 13.5. The molecule has 2 aromatic rings. The highest BCUT2D eigenvalue weighted by molar-refractivity contribution is 7.13. The van der Waals surface area contributed by atoms with Crippen LogP contribution in [0, 0.1) is 6.92 Å². The second-order valence-electron chi connectivity index (χ2n) is 6.03. The van der Waals surface area contributed by atoms with Crippen LogP contribution in [-0.4, -0.2) is 30.0 Å². The molecule has 0 bridgehead atoms. The second-order valence-corrected chi connectivity index (χ2v) is 6.91. The highest BCUT2D eigenvalue weighted by atomic mass is 32.1. The fraction of sp³-hybridized carbons (Fsp3) is 0.444. The van der Waals surface area contributed by atoms with E-state index in [1.807, 2.05) is 23.7 Å². The van der Waals surface area contributed by atoms with Crippen molar-refractivity contribution < 1.29 is 4.79 Å². The van der Waals surface area contributed by atoms with Gasteiger partial charge in [0.15, 0.2) is 5.13 Å². The molecule has 0 saturated carbocycles. The molecule has 0 radical (unpaired) electrons. The lowest BCUT2D eigenvalue weighted by Gasteiger charge is -2.24. The fourth-order valence-corrected chi connectivity index (χ4v) is 3.86. The average Bonchev–Trinajstić information content (AvgIpc) is 3.22. The van der Waals surface area contributed by atoms with Crippen LogP contribution in [0.1, 0.15) is 30.4 Å². The van der Waals surface area contributed by atoms with Crippen molar-refractivity contribution in [3.63, 3.8) is 0 Å². The lowest BCUT2D eigenvalue weighted by molar-refractivity contribution is -0.121. The maximum absolute atomic E-state index is 12.1. The number of aryl methyl sites for hydroxylation is 2. The molecule has 1 saturated heterocycles. The van der Waals surface area contributed by atoms with E-state index in [9.17, 15) is 4.79 Å². The Balaban J connectivity index is 1.46. The summed E-state index contributed by atoms with van der Waals surface area (Å²) >= 11 is 1.67. The number of anilines is 1. The molecule has 5 heteroatoms. The molecule has 122 valence electrons. The maximum atomic E-state index is 12.1. The Morgan fingerprint density at radius 2 is 2.30 bits per heavy atom. The summed E-state index contributed by atoms with van der Waals surface area (Å²) in [6.45, 7) is 3.85. The van der Waals surface area contributed by atoms with Crippen molar-refractivity contribution in [2.24, 2.45) is 0 Å². The zero-order valence-corrected chi connectivity index (χ0v) is 14.3. The fourth-order valence-electron chi connectivity index (χ4n) is 3.12. The molecular weight excluding hydrogens is 306 g/mol. The van der Waals surface area contributed by atoms with Crippen molar-refractivity contribution >= 4 is 22.4 Å². The lowest BCUT2D eigenvalue weighted by atomic mass is 10.0. The van der Waals surface area contributed by atoms with Crippen molar-refractivity contribution in [2.75, 3.05) is 18.0 Å². The van der Waals surface area contributed by atoms with Crippen molar-refractivity contribution in [3.05, 3.63) is 47.0 Å².